The Morgan fingerprint density at radius 1 is 1.09 bits per heavy atom. The van der Waals surface area contributed by atoms with Crippen molar-refractivity contribution >= 4 is 5.96 Å². The van der Waals surface area contributed by atoms with Crippen LogP contribution >= 0.6 is 0 Å². The highest BCUT2D eigenvalue weighted by atomic mass is 16.5. The van der Waals surface area contributed by atoms with Gasteiger partial charge in [0.15, 0.2) is 5.96 Å². The van der Waals surface area contributed by atoms with Gasteiger partial charge in [0, 0.05) is 39.9 Å². The second-order valence-electron chi connectivity index (χ2n) is 6.25. The Bertz CT molecular complexity index is 322. The largest absolute Gasteiger partial charge is 0.378 e. The van der Waals surface area contributed by atoms with E-state index in [2.05, 4.69) is 22.1 Å². The maximum atomic E-state index is 5.89. The molecule has 5 heteroatoms. The van der Waals surface area contributed by atoms with Gasteiger partial charge >= 0.3 is 0 Å². The predicted molar refractivity (Wildman–Crippen MR) is 90.4 cm³/mol. The van der Waals surface area contributed by atoms with Crippen molar-refractivity contribution in [1.29, 1.82) is 0 Å². The minimum Gasteiger partial charge on any atom is -0.378 e. The zero-order valence-corrected chi connectivity index (χ0v) is 14.4. The maximum Gasteiger partial charge on any atom is 0.193 e. The van der Waals surface area contributed by atoms with Crippen molar-refractivity contribution in [2.75, 3.05) is 39.9 Å². The zero-order valence-electron chi connectivity index (χ0n) is 14.4. The van der Waals surface area contributed by atoms with Crippen molar-refractivity contribution in [1.82, 2.24) is 10.2 Å². The summed E-state index contributed by atoms with van der Waals surface area (Å²) in [6.07, 6.45) is 9.38. The average molecular weight is 311 g/mol. The van der Waals surface area contributed by atoms with E-state index in [1.54, 1.807) is 0 Å². The molecule has 0 bridgehead atoms. The van der Waals surface area contributed by atoms with Crippen LogP contribution in [0.1, 0.15) is 51.9 Å². The minimum absolute atomic E-state index is 0.430. The number of nitrogens with zero attached hydrogens (tertiary/aromatic N) is 2. The van der Waals surface area contributed by atoms with Gasteiger partial charge < -0.3 is 19.7 Å². The number of piperidine rings is 1. The maximum absolute atomic E-state index is 5.89. The van der Waals surface area contributed by atoms with Gasteiger partial charge in [0.25, 0.3) is 0 Å². The van der Waals surface area contributed by atoms with Crippen LogP contribution in [0.2, 0.25) is 0 Å². The second-order valence-corrected chi connectivity index (χ2v) is 6.25. The number of likely N-dealkylation sites (tertiary alicyclic amines) is 1. The lowest BCUT2D eigenvalue weighted by Gasteiger charge is -2.34. The molecule has 5 nitrogen and oxygen atoms in total. The first-order valence-corrected chi connectivity index (χ1v) is 9.02. The van der Waals surface area contributed by atoms with E-state index in [-0.39, 0.29) is 0 Å². The van der Waals surface area contributed by atoms with Crippen LogP contribution in [0, 0.1) is 0 Å². The fraction of sp³-hybridized carbons (Fsp3) is 0.941. The van der Waals surface area contributed by atoms with Crippen LogP contribution in [0.3, 0.4) is 0 Å². The first-order chi connectivity index (χ1) is 10.8. The summed E-state index contributed by atoms with van der Waals surface area (Å²) >= 11 is 0. The molecule has 2 aliphatic rings. The molecule has 0 aromatic rings. The van der Waals surface area contributed by atoms with Crippen molar-refractivity contribution in [2.45, 2.75) is 64.1 Å². The van der Waals surface area contributed by atoms with Crippen LogP contribution in [0.5, 0.6) is 0 Å². The SMILES string of the molecule is CCOC1CCN(C(=NC)NCCCOC2CCCC2)CC1. The first-order valence-electron chi connectivity index (χ1n) is 9.02. The fourth-order valence-electron chi connectivity index (χ4n) is 3.38. The molecule has 1 saturated carbocycles. The summed E-state index contributed by atoms with van der Waals surface area (Å²) in [6.45, 7) is 6.75. The Balaban J connectivity index is 1.57. The van der Waals surface area contributed by atoms with E-state index >= 15 is 0 Å². The Kier molecular flexibility index (Phi) is 8.02. The molecule has 128 valence electrons. The van der Waals surface area contributed by atoms with Crippen LogP contribution in [0.25, 0.3) is 0 Å². The molecule has 1 N–H and O–H groups in total. The molecule has 0 atom stereocenters. The molecule has 0 aromatic heterocycles. The lowest BCUT2D eigenvalue weighted by atomic mass is 10.1. The summed E-state index contributed by atoms with van der Waals surface area (Å²) < 4.78 is 11.6. The first kappa shape index (κ1) is 17.5. The Labute approximate surface area is 135 Å². The number of ether oxygens (including phenoxy) is 2. The third-order valence-electron chi connectivity index (χ3n) is 4.62. The van der Waals surface area contributed by atoms with E-state index < -0.39 is 0 Å². The van der Waals surface area contributed by atoms with Gasteiger partial charge in [0.05, 0.1) is 12.2 Å². The van der Waals surface area contributed by atoms with Crippen LogP contribution in [0.4, 0.5) is 0 Å². The van der Waals surface area contributed by atoms with E-state index in [1.807, 2.05) is 7.05 Å². The summed E-state index contributed by atoms with van der Waals surface area (Å²) in [5.74, 6) is 1.02. The molecule has 1 aliphatic heterocycles. The summed E-state index contributed by atoms with van der Waals surface area (Å²) in [5.41, 5.74) is 0. The summed E-state index contributed by atoms with van der Waals surface area (Å²) in [4.78, 5) is 6.75. The van der Waals surface area contributed by atoms with Gasteiger partial charge in [0.2, 0.25) is 0 Å². The molecule has 2 rings (SSSR count). The van der Waals surface area contributed by atoms with Crippen LogP contribution in [-0.4, -0.2) is 63.0 Å². The molecule has 1 aliphatic carbocycles. The van der Waals surface area contributed by atoms with E-state index in [9.17, 15) is 0 Å². The molecule has 0 spiro atoms. The minimum atomic E-state index is 0.430. The van der Waals surface area contributed by atoms with Crippen molar-refractivity contribution in [3.63, 3.8) is 0 Å². The molecule has 1 heterocycles. The van der Waals surface area contributed by atoms with E-state index in [0.717, 1.165) is 58.1 Å². The lowest BCUT2D eigenvalue weighted by molar-refractivity contribution is 0.0263. The van der Waals surface area contributed by atoms with Crippen molar-refractivity contribution in [2.24, 2.45) is 4.99 Å². The number of aliphatic imine (C=N–C) groups is 1. The monoisotopic (exact) mass is 311 g/mol. The third-order valence-corrected chi connectivity index (χ3v) is 4.62. The van der Waals surface area contributed by atoms with E-state index in [0.29, 0.717) is 12.2 Å². The smallest absolute Gasteiger partial charge is 0.193 e. The van der Waals surface area contributed by atoms with Gasteiger partial charge in [-0.1, -0.05) is 12.8 Å². The topological polar surface area (TPSA) is 46.1 Å². The van der Waals surface area contributed by atoms with Crippen LogP contribution in [-0.2, 0) is 9.47 Å². The molecule has 1 saturated heterocycles. The number of guanidine groups is 1. The quantitative estimate of drug-likeness (QED) is 0.445. The van der Waals surface area contributed by atoms with E-state index in [1.165, 1.54) is 25.7 Å². The summed E-state index contributed by atoms with van der Waals surface area (Å²) in [7, 11) is 1.87. The van der Waals surface area contributed by atoms with Crippen molar-refractivity contribution in [3.8, 4) is 0 Å². The van der Waals surface area contributed by atoms with Crippen molar-refractivity contribution < 1.29 is 9.47 Å². The highest BCUT2D eigenvalue weighted by Crippen LogP contribution is 2.20. The Hall–Kier alpha value is -0.810. The second kappa shape index (κ2) is 10.1. The van der Waals surface area contributed by atoms with Gasteiger partial charge in [-0.25, -0.2) is 0 Å². The predicted octanol–water partition coefficient (Wildman–Crippen LogP) is 2.41. The van der Waals surface area contributed by atoms with Crippen LogP contribution < -0.4 is 5.32 Å². The molecular weight excluding hydrogens is 278 g/mol. The lowest BCUT2D eigenvalue weighted by Crippen LogP contribution is -2.47. The molecule has 0 unspecified atom stereocenters. The van der Waals surface area contributed by atoms with Gasteiger partial charge in [-0.3, -0.25) is 4.99 Å². The number of nitrogens with one attached hydrogen (secondary N) is 1. The molecule has 0 aromatic carbocycles. The van der Waals surface area contributed by atoms with Gasteiger partial charge in [0.1, 0.15) is 0 Å². The highest BCUT2D eigenvalue weighted by Gasteiger charge is 2.21. The molecule has 22 heavy (non-hydrogen) atoms. The Morgan fingerprint density at radius 3 is 2.41 bits per heavy atom. The molecule has 0 radical (unpaired) electrons. The normalized spacial score (nSPS) is 21.5. The number of hydrogen-bond donors (Lipinski definition) is 1. The van der Waals surface area contributed by atoms with E-state index in [4.69, 9.17) is 9.47 Å². The number of rotatable bonds is 7. The third kappa shape index (κ3) is 5.76. The molecule has 0 amide bonds. The number of hydrogen-bond acceptors (Lipinski definition) is 3. The van der Waals surface area contributed by atoms with Crippen LogP contribution in [0.15, 0.2) is 4.99 Å². The Morgan fingerprint density at radius 2 is 1.77 bits per heavy atom. The highest BCUT2D eigenvalue weighted by molar-refractivity contribution is 5.79. The standard InChI is InChI=1S/C17H33N3O2/c1-3-21-16-9-12-20(13-10-16)17(18-2)19-11-6-14-22-15-7-4-5-8-15/h15-16H,3-14H2,1-2H3,(H,18,19). The average Bonchev–Trinajstić information content (AvgIpc) is 3.06. The van der Waals surface area contributed by atoms with Gasteiger partial charge in [-0.05, 0) is 39.0 Å². The van der Waals surface area contributed by atoms with Gasteiger partial charge in [-0.15, -0.1) is 0 Å². The molecular formula is C17H33N3O2. The fourth-order valence-corrected chi connectivity index (χ4v) is 3.38. The molecule has 2 fully saturated rings. The summed E-state index contributed by atoms with van der Waals surface area (Å²) in [5, 5.41) is 3.47. The summed E-state index contributed by atoms with van der Waals surface area (Å²) in [6, 6.07) is 0. The van der Waals surface area contributed by atoms with Crippen molar-refractivity contribution in [3.05, 3.63) is 0 Å². The zero-order chi connectivity index (χ0) is 15.6. The van der Waals surface area contributed by atoms with Gasteiger partial charge in [-0.2, -0.15) is 0 Å².